The molecule has 286 valence electrons. The summed E-state index contributed by atoms with van der Waals surface area (Å²) >= 11 is 0. The molecule has 0 amide bonds. The van der Waals surface area contributed by atoms with Crippen molar-refractivity contribution in [1.82, 2.24) is 0 Å². The Labute approximate surface area is 347 Å². The van der Waals surface area contributed by atoms with Crippen LogP contribution in [0.1, 0.15) is 49.9 Å². The summed E-state index contributed by atoms with van der Waals surface area (Å²) in [6, 6.07) is 61.9. The van der Waals surface area contributed by atoms with Gasteiger partial charge < -0.3 is 18.6 Å². The zero-order valence-corrected chi connectivity index (χ0v) is 33.9. The Morgan fingerprint density at radius 2 is 0.617 bits per heavy atom. The summed E-state index contributed by atoms with van der Waals surface area (Å²) in [5.41, 5.74) is 14.9. The highest BCUT2D eigenvalue weighted by atomic mass is 16.3. The second-order valence-corrected chi connectivity index (χ2v) is 17.8. The van der Waals surface area contributed by atoms with E-state index in [1.165, 1.54) is 55.2 Å². The van der Waals surface area contributed by atoms with Gasteiger partial charge in [-0.25, -0.2) is 0 Å². The predicted molar refractivity (Wildman–Crippen MR) is 250 cm³/mol. The number of hydrogen-bond acceptors (Lipinski definition) is 4. The first kappa shape index (κ1) is 33.6. The summed E-state index contributed by atoms with van der Waals surface area (Å²) in [5.74, 6) is 0. The Bertz CT molecular complexity index is 3370. The Kier molecular flexibility index (Phi) is 6.55. The molecule has 4 nitrogen and oxygen atoms in total. The lowest BCUT2D eigenvalue weighted by Crippen LogP contribution is -2.30. The van der Waals surface area contributed by atoms with Crippen molar-refractivity contribution in [2.45, 2.75) is 38.5 Å². The second kappa shape index (κ2) is 11.7. The van der Waals surface area contributed by atoms with Crippen LogP contribution >= 0.6 is 0 Å². The molecule has 0 bridgehead atoms. The van der Waals surface area contributed by atoms with Crippen molar-refractivity contribution in [2.75, 3.05) is 9.80 Å². The van der Waals surface area contributed by atoms with E-state index < -0.39 is 0 Å². The van der Waals surface area contributed by atoms with E-state index in [-0.39, 0.29) is 10.8 Å². The fraction of sp³-hybridized carbons (Fsp3) is 0.107. The number of rotatable bonds is 2. The van der Waals surface area contributed by atoms with Gasteiger partial charge in [0.2, 0.25) is 0 Å². The van der Waals surface area contributed by atoms with Gasteiger partial charge in [-0.2, -0.15) is 0 Å². The molecule has 0 spiro atoms. The standard InChI is InChI=1S/C56H40N2O2/c1-55(2)43-23-33-15-11-13-17-35(33)25-47(43)57(37-19-7-5-8-20-37)49-31-53-39(27-45(49)55)41-29-52-42(30-51(41)59-53)40-28-46-50(32-54(40)60-52)58(38-21-9-6-10-22-38)48-26-36-18-14-12-16-34(36)24-44(48)56(46,3)4/h5-32H,1-4H3. The zero-order chi connectivity index (χ0) is 40.1. The molecule has 2 aliphatic rings. The molecule has 0 saturated heterocycles. The Hall–Kier alpha value is -7.30. The van der Waals surface area contributed by atoms with Crippen LogP contribution in [0.15, 0.2) is 179 Å². The summed E-state index contributed by atoms with van der Waals surface area (Å²) in [6.07, 6.45) is 0. The normalized spacial score (nSPS) is 15.2. The van der Waals surface area contributed by atoms with E-state index in [1.807, 2.05) is 0 Å². The Balaban J connectivity index is 1.03. The number of fused-ring (bicyclic) bond motifs is 12. The number of furan rings is 2. The first-order valence-corrected chi connectivity index (χ1v) is 20.9. The third-order valence-electron chi connectivity index (χ3n) is 13.7. The minimum Gasteiger partial charge on any atom is -0.456 e. The van der Waals surface area contributed by atoms with Crippen molar-refractivity contribution in [3.05, 3.63) is 192 Å². The molecule has 0 N–H and O–H groups in total. The fourth-order valence-electron chi connectivity index (χ4n) is 10.6. The van der Waals surface area contributed by atoms with E-state index in [0.717, 1.165) is 66.6 Å². The maximum absolute atomic E-state index is 6.89. The van der Waals surface area contributed by atoms with Crippen LogP contribution in [0.3, 0.4) is 0 Å². The van der Waals surface area contributed by atoms with Crippen molar-refractivity contribution >= 4 is 99.5 Å². The molecule has 13 rings (SSSR count). The van der Waals surface area contributed by atoms with E-state index in [0.29, 0.717) is 0 Å². The van der Waals surface area contributed by atoms with Gasteiger partial charge in [-0.3, -0.25) is 0 Å². The lowest BCUT2D eigenvalue weighted by atomic mass is 9.72. The van der Waals surface area contributed by atoms with Crippen LogP contribution in [0.5, 0.6) is 0 Å². The lowest BCUT2D eigenvalue weighted by Gasteiger charge is -2.42. The highest BCUT2D eigenvalue weighted by Crippen LogP contribution is 2.56. The molecule has 0 unspecified atom stereocenters. The van der Waals surface area contributed by atoms with Crippen LogP contribution in [-0.2, 0) is 10.8 Å². The average molecular weight is 773 g/mol. The Morgan fingerprint density at radius 3 is 1.02 bits per heavy atom. The molecular formula is C56H40N2O2. The Morgan fingerprint density at radius 1 is 0.317 bits per heavy atom. The molecule has 0 aliphatic carbocycles. The van der Waals surface area contributed by atoms with Gasteiger partial charge in [0.25, 0.3) is 0 Å². The average Bonchev–Trinajstić information content (AvgIpc) is 3.80. The molecule has 0 fully saturated rings. The third-order valence-corrected chi connectivity index (χ3v) is 13.7. The van der Waals surface area contributed by atoms with E-state index in [1.54, 1.807) is 0 Å². The number of hydrogen-bond donors (Lipinski definition) is 0. The minimum absolute atomic E-state index is 0.277. The molecular weight excluding hydrogens is 733 g/mol. The van der Waals surface area contributed by atoms with Crippen LogP contribution in [0.2, 0.25) is 0 Å². The maximum Gasteiger partial charge on any atom is 0.137 e. The molecule has 11 aromatic rings. The summed E-state index contributed by atoms with van der Waals surface area (Å²) in [7, 11) is 0. The highest BCUT2D eigenvalue weighted by molar-refractivity contribution is 6.16. The van der Waals surface area contributed by atoms with Gasteiger partial charge in [0.15, 0.2) is 0 Å². The van der Waals surface area contributed by atoms with Gasteiger partial charge in [0, 0.05) is 55.9 Å². The lowest BCUT2D eigenvalue weighted by molar-refractivity contribution is 0.631. The van der Waals surface area contributed by atoms with Gasteiger partial charge in [-0.15, -0.1) is 0 Å². The molecule has 9 aromatic carbocycles. The number of benzene rings is 9. The second-order valence-electron chi connectivity index (χ2n) is 17.8. The van der Waals surface area contributed by atoms with Gasteiger partial charge in [-0.1, -0.05) is 113 Å². The first-order valence-electron chi connectivity index (χ1n) is 20.9. The molecule has 0 atom stereocenters. The largest absolute Gasteiger partial charge is 0.456 e. The smallest absolute Gasteiger partial charge is 0.137 e. The summed E-state index contributed by atoms with van der Waals surface area (Å²) in [6.45, 7) is 9.43. The van der Waals surface area contributed by atoms with E-state index >= 15 is 0 Å². The van der Waals surface area contributed by atoms with Crippen molar-refractivity contribution in [3.8, 4) is 0 Å². The quantitative estimate of drug-likeness (QED) is 0.175. The van der Waals surface area contributed by atoms with Crippen molar-refractivity contribution in [1.29, 1.82) is 0 Å². The van der Waals surface area contributed by atoms with Gasteiger partial charge in [0.05, 0.1) is 22.7 Å². The van der Waals surface area contributed by atoms with Crippen molar-refractivity contribution in [3.63, 3.8) is 0 Å². The molecule has 4 heteroatoms. The number of anilines is 6. The number of nitrogens with zero attached hydrogens (tertiary/aromatic N) is 2. The van der Waals surface area contributed by atoms with Crippen LogP contribution in [-0.4, -0.2) is 0 Å². The monoisotopic (exact) mass is 772 g/mol. The van der Waals surface area contributed by atoms with E-state index in [2.05, 4.69) is 207 Å². The van der Waals surface area contributed by atoms with E-state index in [4.69, 9.17) is 8.83 Å². The summed E-state index contributed by atoms with van der Waals surface area (Å²) in [4.78, 5) is 4.83. The van der Waals surface area contributed by atoms with Gasteiger partial charge >= 0.3 is 0 Å². The molecule has 2 aromatic heterocycles. The van der Waals surface area contributed by atoms with Gasteiger partial charge in [-0.05, 0) is 117 Å². The zero-order valence-electron chi connectivity index (χ0n) is 33.9. The van der Waals surface area contributed by atoms with Crippen LogP contribution in [0, 0.1) is 0 Å². The van der Waals surface area contributed by atoms with E-state index in [9.17, 15) is 0 Å². The third kappa shape index (κ3) is 4.51. The summed E-state index contributed by atoms with van der Waals surface area (Å²) in [5, 5.41) is 9.25. The molecule has 0 radical (unpaired) electrons. The topological polar surface area (TPSA) is 32.8 Å². The maximum atomic E-state index is 6.89. The molecule has 0 saturated carbocycles. The van der Waals surface area contributed by atoms with Gasteiger partial charge in [0.1, 0.15) is 22.3 Å². The predicted octanol–water partition coefficient (Wildman–Crippen LogP) is 16.0. The van der Waals surface area contributed by atoms with Crippen LogP contribution in [0.25, 0.3) is 65.4 Å². The first-order chi connectivity index (χ1) is 29.2. The van der Waals surface area contributed by atoms with Crippen LogP contribution in [0.4, 0.5) is 34.1 Å². The fourth-order valence-corrected chi connectivity index (χ4v) is 10.6. The molecule has 4 heterocycles. The van der Waals surface area contributed by atoms with Crippen molar-refractivity contribution in [2.24, 2.45) is 0 Å². The number of para-hydroxylation sites is 2. The molecule has 60 heavy (non-hydrogen) atoms. The van der Waals surface area contributed by atoms with Crippen LogP contribution < -0.4 is 9.80 Å². The van der Waals surface area contributed by atoms with Crippen molar-refractivity contribution < 1.29 is 8.83 Å². The SMILES string of the molecule is CC1(C)c2cc3ccccc3cc2N(c2ccccc2)c2cc3oc4cc5c(cc4c3cc21)oc1cc2c(cc15)C(C)(C)c1cc3ccccc3cc1N2c1ccccc1. The molecule has 2 aliphatic heterocycles. The minimum atomic E-state index is -0.277. The summed E-state index contributed by atoms with van der Waals surface area (Å²) < 4.78 is 13.8. The highest BCUT2D eigenvalue weighted by Gasteiger charge is 2.40.